The summed E-state index contributed by atoms with van der Waals surface area (Å²) in [5, 5.41) is 85.1. The summed E-state index contributed by atoms with van der Waals surface area (Å²) in [6.07, 6.45) is -21.0. The second kappa shape index (κ2) is 42.3. The Balaban J connectivity index is 0. The van der Waals surface area contributed by atoms with E-state index < -0.39 is 233 Å². The molecule has 23 atom stereocenters. The number of aliphatic carboxylic acids is 3. The van der Waals surface area contributed by atoms with Gasteiger partial charge in [0.05, 0.1) is 114 Å². The number of methoxy groups -OCH3 is 3. The van der Waals surface area contributed by atoms with Crippen molar-refractivity contribution in [3.05, 3.63) is 5.73 Å². The molecule has 0 spiro atoms. The van der Waals surface area contributed by atoms with E-state index in [1.54, 1.807) is 25.5 Å². The van der Waals surface area contributed by atoms with E-state index in [9.17, 15) is 98.3 Å². The molecule has 11 unspecified atom stereocenters. The number of aliphatic hydroxyl groups excluding tert-OH is 5. The first-order valence-corrected chi connectivity index (χ1v) is 31.1. The SMILES string of the molecule is C.C#C.CC(O)C(=O)OC(C)C(=O)O.COC(=O)C(C)OC(=O)C(C)C.COC[C@H]1OC(C)[C@@H](COC[C@@H]2OC(C(=O)[O-])[C@H](OC[C@H]3OC(COS(=O)(=O)[O-])[C@@H](COC[C@@H]4OC(C(=O)[O-])[C@@H](OC)[C@@H](O)C4OS(=O)(=O)[O-])[C@@H](O)C3NS(=O)(=O)[O-])[C@@H](O)C2C)[C@@H](O)C1[NH-].[Y]. The van der Waals surface area contributed by atoms with Crippen molar-refractivity contribution >= 4 is 66.9 Å². The molecule has 8 N–H and O–H groups in total. The number of esters is 3. The number of nitrogens with one attached hydrogen (secondary N) is 2. The largest absolute Gasteiger partial charge is 0.735 e. The number of hydrogen-bond donors (Lipinski definition) is 7. The Morgan fingerprint density at radius 3 is 1.58 bits per heavy atom. The van der Waals surface area contributed by atoms with Crippen LogP contribution >= 0.6 is 0 Å². The molecule has 1 radical (unpaired) electrons. The first kappa shape index (κ1) is 91.6. The third-order valence-corrected chi connectivity index (χ3v) is 15.3. The summed E-state index contributed by atoms with van der Waals surface area (Å²) in [5.41, 5.74) is 8.28. The summed E-state index contributed by atoms with van der Waals surface area (Å²) in [6.45, 7) is 5.58. The first-order chi connectivity index (χ1) is 42.0. The molecule has 0 aromatic heterocycles. The van der Waals surface area contributed by atoms with Crippen molar-refractivity contribution < 1.29 is 206 Å². The Morgan fingerprint density at radius 1 is 0.602 bits per heavy atom. The van der Waals surface area contributed by atoms with Crippen molar-refractivity contribution in [3.63, 3.8) is 0 Å². The van der Waals surface area contributed by atoms with Crippen molar-refractivity contribution in [3.8, 4) is 12.8 Å². The van der Waals surface area contributed by atoms with Crippen LogP contribution in [0, 0.1) is 36.5 Å². The Hall–Kier alpha value is -3.51. The number of carboxylic acid groups (broad SMARTS) is 3. The molecule has 39 nitrogen and oxygen atoms in total. The molecule has 541 valence electrons. The Kier molecular flexibility index (Phi) is 41.7. The number of carboxylic acids is 3. The summed E-state index contributed by atoms with van der Waals surface area (Å²) in [5.74, 6) is -10.7. The van der Waals surface area contributed by atoms with Crippen molar-refractivity contribution in [2.24, 2.45) is 23.7 Å². The van der Waals surface area contributed by atoms with Crippen LogP contribution in [0.1, 0.15) is 55.9 Å². The van der Waals surface area contributed by atoms with Gasteiger partial charge in [-0.1, -0.05) is 34.2 Å². The number of rotatable bonds is 29. The van der Waals surface area contributed by atoms with E-state index in [-0.39, 0.29) is 65.9 Å². The fourth-order valence-corrected chi connectivity index (χ4v) is 10.4. The van der Waals surface area contributed by atoms with Crippen molar-refractivity contribution in [2.75, 3.05) is 67.6 Å². The quantitative estimate of drug-likeness (QED) is 0.0120. The fourth-order valence-electron chi connectivity index (χ4n) is 8.98. The molecule has 0 bridgehead atoms. The molecule has 4 rings (SSSR count). The monoisotopic (exact) mass is 1490 g/mol. The number of carbonyl (C=O) groups excluding carboxylic acids is 5. The van der Waals surface area contributed by atoms with Crippen LogP contribution in [0.25, 0.3) is 5.73 Å². The van der Waals surface area contributed by atoms with E-state index in [1.807, 2.05) is 0 Å². The first-order valence-electron chi connectivity index (χ1n) is 27.0. The van der Waals surface area contributed by atoms with Crippen LogP contribution in [0.4, 0.5) is 0 Å². The molecule has 43 heteroatoms. The molecule has 0 aromatic carbocycles. The van der Waals surface area contributed by atoms with E-state index in [4.69, 9.17) is 63.3 Å². The van der Waals surface area contributed by atoms with Gasteiger partial charge in [0.1, 0.15) is 54.9 Å². The van der Waals surface area contributed by atoms with E-state index in [0.717, 1.165) is 7.11 Å². The van der Waals surface area contributed by atoms with E-state index in [2.05, 4.69) is 30.7 Å². The Labute approximate surface area is 562 Å². The van der Waals surface area contributed by atoms with Gasteiger partial charge >= 0.3 is 23.9 Å². The zero-order chi connectivity index (χ0) is 70.4. The zero-order valence-corrected chi connectivity index (χ0v) is 56.4. The molecule has 4 aliphatic rings. The van der Waals surface area contributed by atoms with Crippen LogP contribution < -0.4 is 14.9 Å². The molecule has 0 aliphatic carbocycles. The van der Waals surface area contributed by atoms with Gasteiger partial charge in [0.2, 0.25) is 20.8 Å². The van der Waals surface area contributed by atoms with Crippen LogP contribution in [-0.2, 0) is 158 Å². The minimum atomic E-state index is -5.64. The van der Waals surface area contributed by atoms with Crippen molar-refractivity contribution in [1.29, 1.82) is 0 Å². The van der Waals surface area contributed by atoms with Gasteiger partial charge < -0.3 is 127 Å². The number of terminal acetylenes is 1. The van der Waals surface area contributed by atoms with Crippen LogP contribution in [-0.4, -0.2) is 295 Å². The van der Waals surface area contributed by atoms with Crippen molar-refractivity contribution in [2.45, 2.75) is 178 Å². The average molecular weight is 1490 g/mol. The second-order valence-electron chi connectivity index (χ2n) is 20.7. The third-order valence-electron chi connectivity index (χ3n) is 13.8. The minimum absolute atomic E-state index is 0. The van der Waals surface area contributed by atoms with Gasteiger partial charge in [-0.15, -0.1) is 12.8 Å². The van der Waals surface area contributed by atoms with Crippen LogP contribution in [0.15, 0.2) is 0 Å². The number of hydrogen-bond acceptors (Lipinski definition) is 36. The van der Waals surface area contributed by atoms with Crippen molar-refractivity contribution in [1.82, 2.24) is 4.72 Å². The van der Waals surface area contributed by atoms with Crippen LogP contribution in [0.3, 0.4) is 0 Å². The van der Waals surface area contributed by atoms with Gasteiger partial charge in [-0.25, -0.2) is 44.4 Å². The van der Waals surface area contributed by atoms with Gasteiger partial charge in [-0.05, 0) is 27.7 Å². The molecule has 0 amide bonds. The predicted molar refractivity (Wildman–Crippen MR) is 293 cm³/mol. The molecule has 0 saturated carbocycles. The predicted octanol–water partition coefficient (Wildman–Crippen LogP) is -7.86. The molecule has 0 aromatic rings. The Morgan fingerprint density at radius 2 is 1.12 bits per heavy atom. The van der Waals surface area contributed by atoms with Gasteiger partial charge in [-0.3, -0.25) is 13.2 Å². The fraction of sp³-hybridized carbons (Fsp3) is 0.840. The third kappa shape index (κ3) is 30.0. The van der Waals surface area contributed by atoms with E-state index in [1.165, 1.54) is 41.9 Å². The maximum Gasteiger partial charge on any atom is 0.346 e. The van der Waals surface area contributed by atoms with Gasteiger partial charge in [0.15, 0.2) is 22.5 Å². The topological polar surface area (TPSA) is 607 Å². The van der Waals surface area contributed by atoms with Crippen LogP contribution in [0.2, 0.25) is 0 Å². The molecule has 4 heterocycles. The Bertz CT molecular complexity index is 2680. The molecule has 4 saturated heterocycles. The summed E-state index contributed by atoms with van der Waals surface area (Å²) in [6, 6.07) is -3.18. The molecular formula is C50H82N2O37S3Y-6. The van der Waals surface area contributed by atoms with E-state index in [0.29, 0.717) is 0 Å². The standard InChI is InChI=1S/C33H57N2O28S3.C8H14O4.C6H10O5.C2H2.CH4.Y/c1-12-16(8-55-5-14-13(2)59-18(7-53-3)21(34)24(14)37)61-31(33(42)43)29(23(12)36)57-10-19-22(35-64(44,45)46)25(38)15(17(60-19)11-58-65(47,48)49)6-56-9-20-27(63-66(50,51)52)26(39)28(54-4)30(62-20)32(40)41;1-5(2)7(9)12-6(3)8(10)11-4;1-3(7)6(10)11-4(2)5(8)9;1-2;;/h12-31,34-39H,5-11H2,1-4H3,(H,40,41)(H,42,43)(H,44,45,46)(H,47,48,49)(H,50,51,52);5-6H,1-4H3;3-4,7H,1-2H3,(H,8,9);1-2H;1H4;/q-1;;;;;/p-5/t12?,13?,14-,15-,16+,17?,18-,19-,20+,21?,22?,23+,24-,25-,26+,27?,28+,29-,30?,31?;;;;;/m1...../s1. The van der Waals surface area contributed by atoms with Gasteiger partial charge in [0.25, 0.3) is 0 Å². The van der Waals surface area contributed by atoms with E-state index >= 15 is 0 Å². The minimum Gasteiger partial charge on any atom is -0.735 e. The molecule has 93 heavy (non-hydrogen) atoms. The van der Waals surface area contributed by atoms with Crippen LogP contribution in [0.5, 0.6) is 0 Å². The summed E-state index contributed by atoms with van der Waals surface area (Å²) < 4.78 is 177. The average Bonchev–Trinajstić information content (AvgIpc) is 0.876. The normalized spacial score (nSPS) is 32.2. The summed E-state index contributed by atoms with van der Waals surface area (Å²) in [4.78, 5) is 66.4. The molecular weight excluding hydrogens is 1410 g/mol. The second-order valence-corrected chi connectivity index (χ2v) is 23.9. The summed E-state index contributed by atoms with van der Waals surface area (Å²) >= 11 is 0. The maximum atomic E-state index is 12.3. The maximum absolute atomic E-state index is 12.3. The smallest absolute Gasteiger partial charge is 0.346 e. The number of aliphatic hydroxyl groups is 5. The number of ether oxygens (including phenoxy) is 12. The van der Waals surface area contributed by atoms with Gasteiger partial charge in [-0.2, -0.15) is 0 Å². The molecule has 4 aliphatic heterocycles. The van der Waals surface area contributed by atoms with Gasteiger partial charge in [0, 0.05) is 70.8 Å². The number of carbonyl (C=O) groups is 6. The zero-order valence-electron chi connectivity index (χ0n) is 51.1. The molecule has 4 fully saturated rings. The summed E-state index contributed by atoms with van der Waals surface area (Å²) in [7, 11) is -13.2.